The van der Waals surface area contributed by atoms with E-state index in [-0.39, 0.29) is 16.3 Å². The summed E-state index contributed by atoms with van der Waals surface area (Å²) in [5.41, 5.74) is 4.26. The lowest BCUT2D eigenvalue weighted by atomic mass is 10.1. The minimum absolute atomic E-state index is 0.0690. The van der Waals surface area contributed by atoms with Crippen LogP contribution in [0.1, 0.15) is 12.5 Å². The Labute approximate surface area is 196 Å². The number of hydrazone groups is 1. The van der Waals surface area contributed by atoms with Gasteiger partial charge in [0, 0.05) is 28.9 Å². The number of nitrogens with one attached hydrogen (secondary N) is 2. The van der Waals surface area contributed by atoms with E-state index in [1.54, 1.807) is 14.0 Å². The molecule has 0 saturated carbocycles. The van der Waals surface area contributed by atoms with Crippen molar-refractivity contribution in [1.29, 1.82) is 0 Å². The molecule has 0 bridgehead atoms. The van der Waals surface area contributed by atoms with Crippen LogP contribution < -0.4 is 14.9 Å². The maximum Gasteiger partial charge on any atom is 0.295 e. The van der Waals surface area contributed by atoms with Gasteiger partial charge in [0.1, 0.15) is 11.4 Å². The van der Waals surface area contributed by atoms with E-state index in [4.69, 9.17) is 16.3 Å². The Morgan fingerprint density at radius 3 is 2.36 bits per heavy atom. The standard InChI is InChI=1S/C22H21ClN4O5S/c1-15(13-16-3-9-19(32-2)10-4-16)24-25-21-12-11-20(14-22(21)27(28)29)33(30,31)26-18-7-5-17(23)6-8-18/h3-12,14,25-26H,13H2,1-2H3/b24-15-. The molecular formula is C22H21ClN4O5S. The van der Waals surface area contributed by atoms with Gasteiger partial charge in [0.05, 0.1) is 16.9 Å². The van der Waals surface area contributed by atoms with E-state index in [0.717, 1.165) is 17.4 Å². The van der Waals surface area contributed by atoms with Crippen molar-refractivity contribution in [3.63, 3.8) is 0 Å². The van der Waals surface area contributed by atoms with E-state index in [1.165, 1.54) is 36.4 Å². The van der Waals surface area contributed by atoms with Crippen LogP contribution in [0.2, 0.25) is 5.02 Å². The molecule has 0 saturated heterocycles. The second-order valence-corrected chi connectivity index (χ2v) is 9.15. The highest BCUT2D eigenvalue weighted by Crippen LogP contribution is 2.29. The van der Waals surface area contributed by atoms with Crippen molar-refractivity contribution in [1.82, 2.24) is 0 Å². The average Bonchev–Trinajstić information content (AvgIpc) is 2.79. The molecule has 0 fully saturated rings. The fraction of sp³-hybridized carbons (Fsp3) is 0.136. The van der Waals surface area contributed by atoms with Gasteiger partial charge in [-0.05, 0) is 61.0 Å². The van der Waals surface area contributed by atoms with Gasteiger partial charge >= 0.3 is 0 Å². The first kappa shape index (κ1) is 24.0. The zero-order chi connectivity index (χ0) is 24.0. The van der Waals surface area contributed by atoms with E-state index in [0.29, 0.717) is 17.2 Å². The molecule has 3 aromatic carbocycles. The molecule has 0 spiro atoms. The van der Waals surface area contributed by atoms with Crippen molar-refractivity contribution in [2.45, 2.75) is 18.2 Å². The number of anilines is 2. The molecular weight excluding hydrogens is 468 g/mol. The number of hydrogen-bond donors (Lipinski definition) is 2. The lowest BCUT2D eigenvalue weighted by Crippen LogP contribution is -2.13. The maximum absolute atomic E-state index is 12.7. The van der Waals surface area contributed by atoms with Crippen molar-refractivity contribution in [2.75, 3.05) is 17.3 Å². The summed E-state index contributed by atoms with van der Waals surface area (Å²) < 4.78 is 32.8. The van der Waals surface area contributed by atoms with Crippen LogP contribution in [0.5, 0.6) is 5.75 Å². The molecule has 0 radical (unpaired) electrons. The first-order chi connectivity index (χ1) is 15.7. The fourth-order valence-corrected chi connectivity index (χ4v) is 4.09. The summed E-state index contributed by atoms with van der Waals surface area (Å²) in [6.07, 6.45) is 0.516. The molecule has 0 aromatic heterocycles. The number of nitro groups is 1. The SMILES string of the molecule is COc1ccc(C/C(C)=N\Nc2ccc(S(=O)(=O)Nc3ccc(Cl)cc3)cc2[N+](=O)[O-])cc1. The third kappa shape index (κ3) is 6.43. The zero-order valence-corrected chi connectivity index (χ0v) is 19.4. The average molecular weight is 489 g/mol. The second-order valence-electron chi connectivity index (χ2n) is 7.03. The number of hydrogen-bond acceptors (Lipinski definition) is 7. The van der Waals surface area contributed by atoms with Crippen LogP contribution in [0.25, 0.3) is 0 Å². The summed E-state index contributed by atoms with van der Waals surface area (Å²) in [6.45, 7) is 1.78. The smallest absolute Gasteiger partial charge is 0.295 e. The Morgan fingerprint density at radius 1 is 1.09 bits per heavy atom. The number of sulfonamides is 1. The van der Waals surface area contributed by atoms with Gasteiger partial charge in [-0.3, -0.25) is 20.3 Å². The number of nitro benzene ring substituents is 1. The number of benzene rings is 3. The van der Waals surface area contributed by atoms with E-state index in [9.17, 15) is 18.5 Å². The van der Waals surface area contributed by atoms with Crippen LogP contribution in [-0.4, -0.2) is 26.2 Å². The molecule has 2 N–H and O–H groups in total. The molecule has 11 heteroatoms. The molecule has 33 heavy (non-hydrogen) atoms. The van der Waals surface area contributed by atoms with Crippen LogP contribution in [0.15, 0.2) is 76.7 Å². The highest BCUT2D eigenvalue weighted by atomic mass is 35.5. The predicted octanol–water partition coefficient (Wildman–Crippen LogP) is 5.09. The fourth-order valence-electron chi connectivity index (χ4n) is 2.89. The molecule has 0 amide bonds. The topological polar surface area (TPSA) is 123 Å². The summed E-state index contributed by atoms with van der Waals surface area (Å²) in [5, 5.41) is 16.2. The molecule has 172 valence electrons. The maximum atomic E-state index is 12.7. The molecule has 3 aromatic rings. The van der Waals surface area contributed by atoms with E-state index < -0.39 is 20.6 Å². The monoisotopic (exact) mass is 488 g/mol. The van der Waals surface area contributed by atoms with Crippen molar-refractivity contribution < 1.29 is 18.1 Å². The molecule has 0 heterocycles. The Balaban J connectivity index is 1.78. The van der Waals surface area contributed by atoms with E-state index in [1.807, 2.05) is 24.3 Å². The highest BCUT2D eigenvalue weighted by molar-refractivity contribution is 7.92. The van der Waals surface area contributed by atoms with Crippen molar-refractivity contribution >= 4 is 44.4 Å². The summed E-state index contributed by atoms with van der Waals surface area (Å²) >= 11 is 5.81. The number of nitrogens with zero attached hydrogens (tertiary/aromatic N) is 2. The number of rotatable bonds is 9. The molecule has 0 atom stereocenters. The quantitative estimate of drug-likeness (QED) is 0.246. The summed E-state index contributed by atoms with van der Waals surface area (Å²) in [6, 6.07) is 17.0. The van der Waals surface area contributed by atoms with Gasteiger partial charge in [-0.1, -0.05) is 23.7 Å². The van der Waals surface area contributed by atoms with Gasteiger partial charge in [0.25, 0.3) is 15.7 Å². The van der Waals surface area contributed by atoms with Gasteiger partial charge in [-0.15, -0.1) is 0 Å². The van der Waals surface area contributed by atoms with Crippen LogP contribution >= 0.6 is 11.6 Å². The molecule has 0 aliphatic rings. The summed E-state index contributed by atoms with van der Waals surface area (Å²) in [4.78, 5) is 10.6. The van der Waals surface area contributed by atoms with Crippen molar-refractivity contribution in [3.8, 4) is 5.75 Å². The number of methoxy groups -OCH3 is 1. The second kappa shape index (κ2) is 10.3. The first-order valence-electron chi connectivity index (χ1n) is 9.67. The Hall–Kier alpha value is -3.63. The highest BCUT2D eigenvalue weighted by Gasteiger charge is 2.21. The van der Waals surface area contributed by atoms with Gasteiger partial charge in [0.15, 0.2) is 0 Å². The minimum atomic E-state index is -4.05. The molecule has 0 aliphatic heterocycles. The molecule has 0 unspecified atom stereocenters. The summed E-state index contributed by atoms with van der Waals surface area (Å²) in [7, 11) is -2.46. The van der Waals surface area contributed by atoms with Crippen molar-refractivity contribution in [3.05, 3.63) is 87.4 Å². The lowest BCUT2D eigenvalue weighted by molar-refractivity contribution is -0.384. The van der Waals surface area contributed by atoms with Crippen LogP contribution in [0, 0.1) is 10.1 Å². The number of ether oxygens (including phenoxy) is 1. The molecule has 0 aliphatic carbocycles. The van der Waals surface area contributed by atoms with Gasteiger partial charge in [-0.2, -0.15) is 5.10 Å². The molecule has 9 nitrogen and oxygen atoms in total. The molecule has 3 rings (SSSR count). The Morgan fingerprint density at radius 2 is 1.76 bits per heavy atom. The van der Waals surface area contributed by atoms with Gasteiger partial charge < -0.3 is 4.74 Å². The van der Waals surface area contributed by atoms with E-state index in [2.05, 4.69) is 15.2 Å². The Kier molecular flexibility index (Phi) is 7.52. The van der Waals surface area contributed by atoms with E-state index >= 15 is 0 Å². The van der Waals surface area contributed by atoms with Crippen LogP contribution in [0.3, 0.4) is 0 Å². The van der Waals surface area contributed by atoms with Crippen LogP contribution in [0.4, 0.5) is 17.1 Å². The zero-order valence-electron chi connectivity index (χ0n) is 17.8. The minimum Gasteiger partial charge on any atom is -0.497 e. The third-order valence-corrected chi connectivity index (χ3v) is 6.19. The summed E-state index contributed by atoms with van der Waals surface area (Å²) in [5.74, 6) is 0.739. The Bertz CT molecular complexity index is 1280. The van der Waals surface area contributed by atoms with Gasteiger partial charge in [-0.25, -0.2) is 8.42 Å². The van der Waals surface area contributed by atoms with Crippen LogP contribution in [-0.2, 0) is 16.4 Å². The van der Waals surface area contributed by atoms with Crippen molar-refractivity contribution in [2.24, 2.45) is 5.10 Å². The largest absolute Gasteiger partial charge is 0.497 e. The normalized spacial score (nSPS) is 11.7. The first-order valence-corrected chi connectivity index (χ1v) is 11.5. The lowest BCUT2D eigenvalue weighted by Gasteiger charge is -2.10. The number of halogens is 1. The predicted molar refractivity (Wildman–Crippen MR) is 129 cm³/mol. The van der Waals surface area contributed by atoms with Gasteiger partial charge in [0.2, 0.25) is 0 Å². The third-order valence-electron chi connectivity index (χ3n) is 4.56.